The van der Waals surface area contributed by atoms with Crippen molar-refractivity contribution >= 4 is 28.6 Å². The van der Waals surface area contributed by atoms with Crippen LogP contribution in [0.4, 0.5) is 0 Å². The fourth-order valence-electron chi connectivity index (χ4n) is 1.94. The monoisotopic (exact) mass is 340 g/mol. The third-order valence-corrected chi connectivity index (χ3v) is 4.53. The first-order valence-electron chi connectivity index (χ1n) is 5.94. The fraction of sp³-hybridized carbons (Fsp3) is 0.917. The molecule has 0 heterocycles. The third kappa shape index (κ3) is 3.58. The number of carbonyl (C=O) groups excluding carboxylic acids is 1. The lowest BCUT2D eigenvalue weighted by Crippen LogP contribution is -2.36. The van der Waals surface area contributed by atoms with Gasteiger partial charge in [-0.3, -0.25) is 4.79 Å². The highest BCUT2D eigenvalue weighted by Gasteiger charge is 2.35. The Hall–Kier alpha value is 0.160. The minimum atomic E-state index is -0.437. The average Bonchev–Trinajstić information content (AvgIpc) is 2.78. The van der Waals surface area contributed by atoms with E-state index in [1.807, 2.05) is 13.8 Å². The van der Waals surface area contributed by atoms with Crippen molar-refractivity contribution in [2.75, 3.05) is 7.11 Å². The zero-order chi connectivity index (χ0) is 12.2. The highest BCUT2D eigenvalue weighted by Crippen LogP contribution is 2.32. The SMILES string of the molecule is CCC(C)(I)C(=O)OC(OC)C1CCCC1. The first kappa shape index (κ1) is 14.2. The van der Waals surface area contributed by atoms with E-state index in [9.17, 15) is 4.79 Å². The van der Waals surface area contributed by atoms with Crippen LogP contribution in [0.5, 0.6) is 0 Å². The Morgan fingerprint density at radius 1 is 1.50 bits per heavy atom. The third-order valence-electron chi connectivity index (χ3n) is 3.33. The maximum absolute atomic E-state index is 11.9. The molecule has 1 aliphatic carbocycles. The van der Waals surface area contributed by atoms with Gasteiger partial charge in [0.25, 0.3) is 0 Å². The Morgan fingerprint density at radius 2 is 2.06 bits per heavy atom. The average molecular weight is 340 g/mol. The van der Waals surface area contributed by atoms with Crippen molar-refractivity contribution in [1.29, 1.82) is 0 Å². The molecule has 0 aromatic rings. The summed E-state index contributed by atoms with van der Waals surface area (Å²) < 4.78 is 10.3. The standard InChI is InChI=1S/C12H21IO3/c1-4-12(2,13)11(14)16-10(15-3)9-7-5-6-8-9/h9-10H,4-8H2,1-3H3. The normalized spacial score (nSPS) is 22.8. The zero-order valence-electron chi connectivity index (χ0n) is 10.3. The molecule has 0 aromatic heterocycles. The Balaban J connectivity index is 2.52. The van der Waals surface area contributed by atoms with Gasteiger partial charge < -0.3 is 9.47 Å². The predicted octanol–water partition coefficient (Wildman–Crippen LogP) is 3.30. The van der Waals surface area contributed by atoms with Crippen molar-refractivity contribution in [3.63, 3.8) is 0 Å². The van der Waals surface area contributed by atoms with Crippen molar-refractivity contribution < 1.29 is 14.3 Å². The van der Waals surface area contributed by atoms with Crippen LogP contribution in [-0.4, -0.2) is 22.8 Å². The minimum Gasteiger partial charge on any atom is -0.434 e. The molecule has 2 unspecified atom stereocenters. The summed E-state index contributed by atoms with van der Waals surface area (Å²) in [6.45, 7) is 3.89. The maximum atomic E-state index is 11.9. The first-order valence-corrected chi connectivity index (χ1v) is 7.02. The van der Waals surface area contributed by atoms with Crippen LogP contribution in [0.3, 0.4) is 0 Å². The highest BCUT2D eigenvalue weighted by molar-refractivity contribution is 14.1. The number of hydrogen-bond acceptors (Lipinski definition) is 3. The van der Waals surface area contributed by atoms with Crippen LogP contribution < -0.4 is 0 Å². The molecule has 2 atom stereocenters. The Bertz CT molecular complexity index is 234. The molecular weight excluding hydrogens is 319 g/mol. The van der Waals surface area contributed by atoms with Crippen LogP contribution >= 0.6 is 22.6 Å². The summed E-state index contributed by atoms with van der Waals surface area (Å²) in [5.41, 5.74) is 0. The van der Waals surface area contributed by atoms with Gasteiger partial charge in [-0.2, -0.15) is 0 Å². The lowest BCUT2D eigenvalue weighted by Gasteiger charge is -2.26. The molecule has 1 aliphatic rings. The summed E-state index contributed by atoms with van der Waals surface area (Å²) in [7, 11) is 1.62. The summed E-state index contributed by atoms with van der Waals surface area (Å²) in [4.78, 5) is 11.9. The Morgan fingerprint density at radius 3 is 2.50 bits per heavy atom. The number of alkyl halides is 1. The van der Waals surface area contributed by atoms with Crippen LogP contribution in [0.2, 0.25) is 0 Å². The lowest BCUT2D eigenvalue weighted by molar-refractivity contribution is -0.186. The Kier molecular flexibility index (Phi) is 5.50. The second-order valence-electron chi connectivity index (χ2n) is 4.60. The van der Waals surface area contributed by atoms with Gasteiger partial charge in [0.2, 0.25) is 6.29 Å². The van der Waals surface area contributed by atoms with Crippen LogP contribution in [0.1, 0.15) is 46.0 Å². The Labute approximate surface area is 111 Å². The molecule has 0 N–H and O–H groups in total. The van der Waals surface area contributed by atoms with Gasteiger partial charge in [0.1, 0.15) is 3.42 Å². The predicted molar refractivity (Wildman–Crippen MR) is 71.6 cm³/mol. The van der Waals surface area contributed by atoms with E-state index < -0.39 is 3.42 Å². The molecule has 0 bridgehead atoms. The van der Waals surface area contributed by atoms with E-state index in [2.05, 4.69) is 22.6 Å². The molecule has 1 fully saturated rings. The van der Waals surface area contributed by atoms with Crippen molar-refractivity contribution in [3.8, 4) is 0 Å². The van der Waals surface area contributed by atoms with Gasteiger partial charge in [0.05, 0.1) is 0 Å². The van der Waals surface area contributed by atoms with Crippen LogP contribution in [0.15, 0.2) is 0 Å². The van der Waals surface area contributed by atoms with E-state index in [0.717, 1.165) is 19.3 Å². The number of rotatable bonds is 5. The van der Waals surface area contributed by atoms with Gasteiger partial charge in [-0.15, -0.1) is 0 Å². The zero-order valence-corrected chi connectivity index (χ0v) is 12.5. The minimum absolute atomic E-state index is 0.158. The van der Waals surface area contributed by atoms with Gasteiger partial charge in [0.15, 0.2) is 0 Å². The van der Waals surface area contributed by atoms with E-state index in [-0.39, 0.29) is 12.3 Å². The van der Waals surface area contributed by atoms with Gasteiger partial charge in [-0.05, 0) is 26.2 Å². The first-order chi connectivity index (χ1) is 7.51. The summed E-state index contributed by atoms with van der Waals surface area (Å²) in [5, 5.41) is 0. The van der Waals surface area contributed by atoms with Gasteiger partial charge in [-0.25, -0.2) is 0 Å². The molecule has 16 heavy (non-hydrogen) atoms. The topological polar surface area (TPSA) is 35.5 Å². The van der Waals surface area contributed by atoms with E-state index in [0.29, 0.717) is 5.92 Å². The van der Waals surface area contributed by atoms with Crippen molar-refractivity contribution in [2.24, 2.45) is 5.92 Å². The molecule has 4 heteroatoms. The number of hydrogen-bond donors (Lipinski definition) is 0. The fourth-order valence-corrected chi connectivity index (χ4v) is 2.07. The smallest absolute Gasteiger partial charge is 0.324 e. The van der Waals surface area contributed by atoms with Crippen molar-refractivity contribution in [2.45, 2.75) is 55.7 Å². The quantitative estimate of drug-likeness (QED) is 0.333. The summed E-state index contributed by atoms with van der Waals surface area (Å²) in [6.07, 6.45) is 5.07. The summed E-state index contributed by atoms with van der Waals surface area (Å²) in [6, 6.07) is 0. The summed E-state index contributed by atoms with van der Waals surface area (Å²) in [5.74, 6) is 0.229. The molecule has 1 saturated carbocycles. The molecule has 0 amide bonds. The van der Waals surface area contributed by atoms with Gasteiger partial charge in [-0.1, -0.05) is 42.4 Å². The van der Waals surface area contributed by atoms with Crippen LogP contribution in [0, 0.1) is 5.92 Å². The molecule has 0 aliphatic heterocycles. The molecule has 94 valence electrons. The number of carbonyl (C=O) groups is 1. The van der Waals surface area contributed by atoms with Gasteiger partial charge in [0, 0.05) is 13.0 Å². The molecule has 3 nitrogen and oxygen atoms in total. The van der Waals surface area contributed by atoms with Crippen molar-refractivity contribution in [1.82, 2.24) is 0 Å². The highest BCUT2D eigenvalue weighted by atomic mass is 127. The van der Waals surface area contributed by atoms with E-state index in [1.165, 1.54) is 12.8 Å². The van der Waals surface area contributed by atoms with E-state index in [1.54, 1.807) is 7.11 Å². The van der Waals surface area contributed by atoms with E-state index in [4.69, 9.17) is 9.47 Å². The molecule has 0 saturated heterocycles. The maximum Gasteiger partial charge on any atom is 0.324 e. The number of ether oxygens (including phenoxy) is 2. The van der Waals surface area contributed by atoms with Crippen LogP contribution in [0.25, 0.3) is 0 Å². The molecular formula is C12H21IO3. The summed E-state index contributed by atoms with van der Waals surface area (Å²) >= 11 is 2.15. The number of methoxy groups -OCH3 is 1. The largest absolute Gasteiger partial charge is 0.434 e. The molecule has 0 radical (unpaired) electrons. The second-order valence-corrected chi connectivity index (χ2v) is 6.99. The molecule has 0 aromatic carbocycles. The number of halogens is 1. The number of esters is 1. The second kappa shape index (κ2) is 6.19. The van der Waals surface area contributed by atoms with E-state index >= 15 is 0 Å². The van der Waals surface area contributed by atoms with Crippen molar-refractivity contribution in [3.05, 3.63) is 0 Å². The molecule has 1 rings (SSSR count). The van der Waals surface area contributed by atoms with Gasteiger partial charge >= 0.3 is 5.97 Å². The van der Waals surface area contributed by atoms with Crippen LogP contribution in [-0.2, 0) is 14.3 Å². The molecule has 0 spiro atoms. The lowest BCUT2D eigenvalue weighted by atomic mass is 10.1.